The quantitative estimate of drug-likeness (QED) is 0.832. The number of rotatable bonds is 6. The second-order valence-electron chi connectivity index (χ2n) is 4.88. The third kappa shape index (κ3) is 5.07. The zero-order valence-electron chi connectivity index (χ0n) is 11.2. The Labute approximate surface area is 114 Å². The fourth-order valence-corrected chi connectivity index (χ4v) is 1.59. The van der Waals surface area contributed by atoms with Crippen LogP contribution in [0.1, 0.15) is 20.8 Å². The molecule has 0 heterocycles. The minimum Gasteiger partial charge on any atom is -0.324 e. The highest BCUT2D eigenvalue weighted by Crippen LogP contribution is 2.19. The van der Waals surface area contributed by atoms with Crippen LogP contribution in [0.15, 0.2) is 24.3 Å². The predicted molar refractivity (Wildman–Crippen MR) is 77.0 cm³/mol. The van der Waals surface area contributed by atoms with Crippen molar-refractivity contribution < 1.29 is 4.79 Å². The smallest absolute Gasteiger partial charge is 0.238 e. The lowest BCUT2D eigenvalue weighted by Gasteiger charge is -2.16. The number of anilines is 1. The van der Waals surface area contributed by atoms with Crippen LogP contribution in [0.4, 0.5) is 5.69 Å². The molecule has 1 unspecified atom stereocenters. The summed E-state index contributed by atoms with van der Waals surface area (Å²) in [6, 6.07) is 7.22. The molecule has 0 aliphatic rings. The summed E-state index contributed by atoms with van der Waals surface area (Å²) in [5.41, 5.74) is 0.655. The minimum atomic E-state index is -0.0703. The van der Waals surface area contributed by atoms with Gasteiger partial charge in [-0.1, -0.05) is 44.5 Å². The van der Waals surface area contributed by atoms with Gasteiger partial charge in [0.25, 0.3) is 0 Å². The lowest BCUT2D eigenvalue weighted by molar-refractivity contribution is -0.115. The van der Waals surface area contributed by atoms with Crippen molar-refractivity contribution in [3.63, 3.8) is 0 Å². The van der Waals surface area contributed by atoms with E-state index in [-0.39, 0.29) is 5.91 Å². The Morgan fingerprint density at radius 1 is 1.28 bits per heavy atom. The minimum absolute atomic E-state index is 0.0703. The first-order valence-electron chi connectivity index (χ1n) is 6.25. The fourth-order valence-electron chi connectivity index (χ4n) is 1.41. The van der Waals surface area contributed by atoms with E-state index in [2.05, 4.69) is 31.4 Å². The average molecular weight is 269 g/mol. The normalized spacial score (nSPS) is 12.5. The molecule has 0 spiro atoms. The molecule has 0 radical (unpaired) electrons. The molecule has 1 amide bonds. The van der Waals surface area contributed by atoms with Gasteiger partial charge in [0.15, 0.2) is 0 Å². The highest BCUT2D eigenvalue weighted by molar-refractivity contribution is 6.33. The zero-order valence-corrected chi connectivity index (χ0v) is 11.9. The summed E-state index contributed by atoms with van der Waals surface area (Å²) >= 11 is 5.96. The molecular formula is C14H21ClN2O. The van der Waals surface area contributed by atoms with Crippen LogP contribution in [0.25, 0.3) is 0 Å². The Morgan fingerprint density at radius 3 is 2.56 bits per heavy atom. The number of hydrogen-bond acceptors (Lipinski definition) is 2. The molecule has 1 aromatic rings. The molecule has 1 atom stereocenters. The molecule has 2 N–H and O–H groups in total. The van der Waals surface area contributed by atoms with Gasteiger partial charge in [-0.2, -0.15) is 0 Å². The third-order valence-electron chi connectivity index (χ3n) is 3.04. The monoisotopic (exact) mass is 268 g/mol. The van der Waals surface area contributed by atoms with Crippen LogP contribution >= 0.6 is 11.6 Å². The van der Waals surface area contributed by atoms with Crippen molar-refractivity contribution in [1.82, 2.24) is 5.32 Å². The Morgan fingerprint density at radius 2 is 1.94 bits per heavy atom. The van der Waals surface area contributed by atoms with E-state index in [1.807, 2.05) is 12.1 Å². The van der Waals surface area contributed by atoms with Gasteiger partial charge in [-0.3, -0.25) is 4.79 Å². The molecule has 0 saturated carbocycles. The van der Waals surface area contributed by atoms with Crippen molar-refractivity contribution in [3.05, 3.63) is 29.3 Å². The SMILES string of the molecule is CC(C)C(C)CNCC(=O)Nc1ccccc1Cl. The maximum atomic E-state index is 11.7. The molecule has 0 aliphatic carbocycles. The molecule has 0 aliphatic heterocycles. The summed E-state index contributed by atoms with van der Waals surface area (Å²) in [5, 5.41) is 6.49. The van der Waals surface area contributed by atoms with E-state index >= 15 is 0 Å². The van der Waals surface area contributed by atoms with Crippen molar-refractivity contribution in [2.24, 2.45) is 11.8 Å². The van der Waals surface area contributed by atoms with Gasteiger partial charge in [-0.05, 0) is 30.5 Å². The van der Waals surface area contributed by atoms with E-state index in [1.54, 1.807) is 12.1 Å². The van der Waals surface area contributed by atoms with E-state index < -0.39 is 0 Å². The van der Waals surface area contributed by atoms with Gasteiger partial charge in [0, 0.05) is 0 Å². The predicted octanol–water partition coefficient (Wildman–Crippen LogP) is 3.16. The molecule has 18 heavy (non-hydrogen) atoms. The number of carbonyl (C=O) groups is 1. The number of carbonyl (C=O) groups excluding carboxylic acids is 1. The number of benzene rings is 1. The molecule has 1 rings (SSSR count). The topological polar surface area (TPSA) is 41.1 Å². The van der Waals surface area contributed by atoms with Gasteiger partial charge in [0.05, 0.1) is 17.3 Å². The van der Waals surface area contributed by atoms with Crippen molar-refractivity contribution >= 4 is 23.2 Å². The third-order valence-corrected chi connectivity index (χ3v) is 3.37. The molecule has 1 aromatic carbocycles. The maximum absolute atomic E-state index is 11.7. The molecular weight excluding hydrogens is 248 g/mol. The van der Waals surface area contributed by atoms with Crippen LogP contribution in [0.5, 0.6) is 0 Å². The average Bonchev–Trinajstić information content (AvgIpc) is 2.32. The summed E-state index contributed by atoms with van der Waals surface area (Å²) in [6.45, 7) is 7.67. The lowest BCUT2D eigenvalue weighted by atomic mass is 9.98. The largest absolute Gasteiger partial charge is 0.324 e. The van der Waals surface area contributed by atoms with E-state index in [0.717, 1.165) is 6.54 Å². The Bertz CT molecular complexity index is 393. The van der Waals surface area contributed by atoms with Crippen molar-refractivity contribution in [1.29, 1.82) is 0 Å². The maximum Gasteiger partial charge on any atom is 0.238 e. The van der Waals surface area contributed by atoms with Crippen LogP contribution in [-0.4, -0.2) is 19.0 Å². The molecule has 0 bridgehead atoms. The molecule has 0 fully saturated rings. The van der Waals surface area contributed by atoms with E-state index in [0.29, 0.717) is 29.1 Å². The van der Waals surface area contributed by atoms with Crippen LogP contribution in [-0.2, 0) is 4.79 Å². The van der Waals surface area contributed by atoms with Crippen molar-refractivity contribution in [2.75, 3.05) is 18.4 Å². The molecule has 3 nitrogen and oxygen atoms in total. The summed E-state index contributed by atoms with van der Waals surface area (Å²) in [7, 11) is 0. The second kappa shape index (κ2) is 7.39. The van der Waals surface area contributed by atoms with Crippen LogP contribution < -0.4 is 10.6 Å². The van der Waals surface area contributed by atoms with Gasteiger partial charge in [-0.25, -0.2) is 0 Å². The highest BCUT2D eigenvalue weighted by atomic mass is 35.5. The lowest BCUT2D eigenvalue weighted by Crippen LogP contribution is -2.32. The summed E-state index contributed by atoms with van der Waals surface area (Å²) in [5.74, 6) is 1.10. The van der Waals surface area contributed by atoms with E-state index in [1.165, 1.54) is 0 Å². The standard InChI is InChI=1S/C14H21ClN2O/c1-10(2)11(3)8-16-9-14(18)17-13-7-5-4-6-12(13)15/h4-7,10-11,16H,8-9H2,1-3H3,(H,17,18). The van der Waals surface area contributed by atoms with E-state index in [9.17, 15) is 4.79 Å². The second-order valence-corrected chi connectivity index (χ2v) is 5.29. The van der Waals surface area contributed by atoms with Gasteiger partial charge >= 0.3 is 0 Å². The van der Waals surface area contributed by atoms with Gasteiger partial charge in [-0.15, -0.1) is 0 Å². The summed E-state index contributed by atoms with van der Waals surface area (Å²) < 4.78 is 0. The number of halogens is 1. The molecule has 0 aromatic heterocycles. The molecule has 100 valence electrons. The van der Waals surface area contributed by atoms with Crippen molar-refractivity contribution in [3.8, 4) is 0 Å². The Balaban J connectivity index is 2.33. The Kier molecular flexibility index (Phi) is 6.16. The van der Waals surface area contributed by atoms with E-state index in [4.69, 9.17) is 11.6 Å². The first-order valence-corrected chi connectivity index (χ1v) is 6.63. The number of hydrogen-bond donors (Lipinski definition) is 2. The van der Waals surface area contributed by atoms with Gasteiger partial charge in [0.2, 0.25) is 5.91 Å². The van der Waals surface area contributed by atoms with Crippen LogP contribution in [0.2, 0.25) is 5.02 Å². The number of amides is 1. The number of para-hydroxylation sites is 1. The highest BCUT2D eigenvalue weighted by Gasteiger charge is 2.08. The fraction of sp³-hybridized carbons (Fsp3) is 0.500. The van der Waals surface area contributed by atoms with Gasteiger partial charge in [0.1, 0.15) is 0 Å². The van der Waals surface area contributed by atoms with Crippen LogP contribution in [0, 0.1) is 11.8 Å². The summed E-state index contributed by atoms with van der Waals surface area (Å²) in [6.07, 6.45) is 0. The first-order chi connectivity index (χ1) is 8.50. The summed E-state index contributed by atoms with van der Waals surface area (Å²) in [4.78, 5) is 11.7. The Hall–Kier alpha value is -1.06. The zero-order chi connectivity index (χ0) is 13.5. The first kappa shape index (κ1) is 15.0. The number of nitrogens with one attached hydrogen (secondary N) is 2. The van der Waals surface area contributed by atoms with Crippen LogP contribution in [0.3, 0.4) is 0 Å². The molecule has 4 heteroatoms. The van der Waals surface area contributed by atoms with Gasteiger partial charge < -0.3 is 10.6 Å². The van der Waals surface area contributed by atoms with Crippen molar-refractivity contribution in [2.45, 2.75) is 20.8 Å². The molecule has 0 saturated heterocycles.